The maximum Gasteiger partial charge on any atom is 0.165 e. The van der Waals surface area contributed by atoms with Gasteiger partial charge in [0.25, 0.3) is 0 Å². The standard InChI is InChI=1S/C27H32O5/c1-15-9-20(26(29)24(10-15)32-8)19-14-18(16(2)11-23(19)31-7)21-12-17(30-6)13-22(25(21)28)27(3,4)5/h9-14,28-29H,1-8H3. The SMILES string of the molecule is COc1cc(-c2cc(-c3cc(C)cc(OC)c3O)c(OC)cc2C)c(O)c(C(C)(C)C)c1. The number of rotatable bonds is 5. The van der Waals surface area contributed by atoms with Crippen molar-refractivity contribution in [2.24, 2.45) is 0 Å². The number of benzene rings is 3. The Balaban J connectivity index is 2.36. The second-order valence-corrected chi connectivity index (χ2v) is 9.05. The molecule has 0 bridgehead atoms. The van der Waals surface area contributed by atoms with Gasteiger partial charge < -0.3 is 24.4 Å². The van der Waals surface area contributed by atoms with Gasteiger partial charge in [-0.1, -0.05) is 20.8 Å². The third-order valence-corrected chi connectivity index (χ3v) is 5.69. The third-order valence-electron chi connectivity index (χ3n) is 5.69. The summed E-state index contributed by atoms with van der Waals surface area (Å²) in [6.07, 6.45) is 0. The highest BCUT2D eigenvalue weighted by Crippen LogP contribution is 2.47. The van der Waals surface area contributed by atoms with E-state index < -0.39 is 0 Å². The first kappa shape index (κ1) is 23.3. The molecule has 3 aromatic rings. The number of phenolic OH excluding ortho intramolecular Hbond substituents is 2. The monoisotopic (exact) mass is 436 g/mol. The van der Waals surface area contributed by atoms with Gasteiger partial charge in [-0.05, 0) is 72.4 Å². The Morgan fingerprint density at radius 2 is 1.25 bits per heavy atom. The third kappa shape index (κ3) is 4.20. The molecule has 5 heteroatoms. The van der Waals surface area contributed by atoms with Crippen LogP contribution in [-0.2, 0) is 5.41 Å². The molecule has 32 heavy (non-hydrogen) atoms. The minimum atomic E-state index is -0.279. The van der Waals surface area contributed by atoms with E-state index in [0.29, 0.717) is 33.9 Å². The molecule has 0 aromatic heterocycles. The lowest BCUT2D eigenvalue weighted by Gasteiger charge is -2.24. The van der Waals surface area contributed by atoms with Gasteiger partial charge in [-0.15, -0.1) is 0 Å². The molecule has 0 atom stereocenters. The summed E-state index contributed by atoms with van der Waals surface area (Å²) in [5.74, 6) is 1.93. The van der Waals surface area contributed by atoms with E-state index in [4.69, 9.17) is 14.2 Å². The largest absolute Gasteiger partial charge is 0.507 e. The van der Waals surface area contributed by atoms with E-state index in [0.717, 1.165) is 22.3 Å². The predicted molar refractivity (Wildman–Crippen MR) is 128 cm³/mol. The van der Waals surface area contributed by atoms with Crippen LogP contribution in [0.25, 0.3) is 22.3 Å². The molecule has 3 aromatic carbocycles. The van der Waals surface area contributed by atoms with Crippen LogP contribution in [0.3, 0.4) is 0 Å². The van der Waals surface area contributed by atoms with Crippen molar-refractivity contribution in [3.8, 4) is 51.0 Å². The van der Waals surface area contributed by atoms with Gasteiger partial charge in [-0.2, -0.15) is 0 Å². The van der Waals surface area contributed by atoms with E-state index in [2.05, 4.69) is 20.8 Å². The average molecular weight is 437 g/mol. The normalized spacial score (nSPS) is 11.4. The van der Waals surface area contributed by atoms with E-state index in [1.165, 1.54) is 7.11 Å². The molecule has 0 saturated heterocycles. The van der Waals surface area contributed by atoms with Crippen molar-refractivity contribution in [3.05, 3.63) is 53.1 Å². The second-order valence-electron chi connectivity index (χ2n) is 9.05. The van der Waals surface area contributed by atoms with Gasteiger partial charge in [0.05, 0.1) is 21.3 Å². The molecule has 0 aliphatic heterocycles. The van der Waals surface area contributed by atoms with Crippen molar-refractivity contribution in [1.29, 1.82) is 0 Å². The summed E-state index contributed by atoms with van der Waals surface area (Å²) in [5.41, 5.74) is 5.16. The molecular formula is C27H32O5. The van der Waals surface area contributed by atoms with E-state index in [1.54, 1.807) is 20.3 Å². The number of methoxy groups -OCH3 is 3. The number of aryl methyl sites for hydroxylation is 2. The molecule has 0 radical (unpaired) electrons. The van der Waals surface area contributed by atoms with Crippen molar-refractivity contribution in [2.45, 2.75) is 40.0 Å². The van der Waals surface area contributed by atoms with Gasteiger partial charge in [0.2, 0.25) is 0 Å². The highest BCUT2D eigenvalue weighted by Gasteiger charge is 2.24. The molecule has 3 rings (SSSR count). The number of aromatic hydroxyl groups is 2. The number of phenols is 2. The fraction of sp³-hybridized carbons (Fsp3) is 0.333. The fourth-order valence-electron chi connectivity index (χ4n) is 3.96. The number of hydrogen-bond acceptors (Lipinski definition) is 5. The Morgan fingerprint density at radius 1 is 0.625 bits per heavy atom. The highest BCUT2D eigenvalue weighted by atomic mass is 16.5. The molecule has 0 unspecified atom stereocenters. The van der Waals surface area contributed by atoms with Crippen LogP contribution in [0.15, 0.2) is 36.4 Å². The van der Waals surface area contributed by atoms with Crippen LogP contribution in [0.2, 0.25) is 0 Å². The Bertz CT molecular complexity index is 1160. The smallest absolute Gasteiger partial charge is 0.165 e. The van der Waals surface area contributed by atoms with Crippen molar-refractivity contribution < 1.29 is 24.4 Å². The summed E-state index contributed by atoms with van der Waals surface area (Å²) < 4.78 is 16.5. The maximum atomic E-state index is 11.2. The van der Waals surface area contributed by atoms with Crippen molar-refractivity contribution in [2.75, 3.05) is 21.3 Å². The topological polar surface area (TPSA) is 68.2 Å². The first-order valence-corrected chi connectivity index (χ1v) is 10.5. The van der Waals surface area contributed by atoms with Crippen molar-refractivity contribution in [3.63, 3.8) is 0 Å². The molecule has 0 saturated carbocycles. The van der Waals surface area contributed by atoms with Gasteiger partial charge in [-0.3, -0.25) is 0 Å². The van der Waals surface area contributed by atoms with Gasteiger partial charge in [0, 0.05) is 22.3 Å². The van der Waals surface area contributed by atoms with Crippen LogP contribution in [-0.4, -0.2) is 31.5 Å². The van der Waals surface area contributed by atoms with Crippen LogP contribution in [0.1, 0.15) is 37.5 Å². The van der Waals surface area contributed by atoms with E-state index in [1.807, 2.05) is 44.2 Å². The van der Waals surface area contributed by atoms with Gasteiger partial charge in [0.15, 0.2) is 11.5 Å². The van der Waals surface area contributed by atoms with Crippen LogP contribution >= 0.6 is 0 Å². The fourth-order valence-corrected chi connectivity index (χ4v) is 3.96. The van der Waals surface area contributed by atoms with Crippen LogP contribution in [0.4, 0.5) is 0 Å². The first-order chi connectivity index (χ1) is 15.0. The Morgan fingerprint density at radius 3 is 1.81 bits per heavy atom. The van der Waals surface area contributed by atoms with Crippen LogP contribution < -0.4 is 14.2 Å². The molecule has 0 amide bonds. The molecular weight excluding hydrogens is 404 g/mol. The summed E-state index contributed by atoms with van der Waals surface area (Å²) in [6.45, 7) is 10.1. The number of hydrogen-bond donors (Lipinski definition) is 2. The first-order valence-electron chi connectivity index (χ1n) is 10.5. The zero-order valence-corrected chi connectivity index (χ0v) is 20.1. The van der Waals surface area contributed by atoms with Gasteiger partial charge in [-0.25, -0.2) is 0 Å². The Kier molecular flexibility index (Phi) is 6.31. The zero-order chi connectivity index (χ0) is 23.8. The van der Waals surface area contributed by atoms with E-state index in [9.17, 15) is 10.2 Å². The summed E-state index contributed by atoms with van der Waals surface area (Å²) in [6, 6.07) is 11.2. The molecule has 170 valence electrons. The second kappa shape index (κ2) is 8.65. The van der Waals surface area contributed by atoms with Crippen LogP contribution in [0.5, 0.6) is 28.7 Å². The minimum absolute atomic E-state index is 0.0384. The predicted octanol–water partition coefficient (Wildman–Crippen LogP) is 6.37. The summed E-state index contributed by atoms with van der Waals surface area (Å²) in [7, 11) is 4.74. The minimum Gasteiger partial charge on any atom is -0.507 e. The highest BCUT2D eigenvalue weighted by molar-refractivity contribution is 5.86. The molecule has 0 spiro atoms. The Labute approximate surface area is 190 Å². The lowest BCUT2D eigenvalue weighted by atomic mass is 9.83. The molecule has 0 aliphatic carbocycles. The maximum absolute atomic E-state index is 11.2. The van der Waals surface area contributed by atoms with Gasteiger partial charge in [0.1, 0.15) is 17.2 Å². The summed E-state index contributed by atoms with van der Waals surface area (Å²) >= 11 is 0. The molecule has 0 fully saturated rings. The summed E-state index contributed by atoms with van der Waals surface area (Å²) in [4.78, 5) is 0. The zero-order valence-electron chi connectivity index (χ0n) is 20.1. The van der Waals surface area contributed by atoms with Crippen LogP contribution in [0, 0.1) is 13.8 Å². The number of ether oxygens (including phenoxy) is 3. The molecule has 0 aliphatic rings. The van der Waals surface area contributed by atoms with Gasteiger partial charge >= 0.3 is 0 Å². The quantitative estimate of drug-likeness (QED) is 0.486. The van der Waals surface area contributed by atoms with Crippen molar-refractivity contribution in [1.82, 2.24) is 0 Å². The van der Waals surface area contributed by atoms with E-state index >= 15 is 0 Å². The molecule has 2 N–H and O–H groups in total. The lowest BCUT2D eigenvalue weighted by Crippen LogP contribution is -2.12. The molecule has 5 nitrogen and oxygen atoms in total. The lowest BCUT2D eigenvalue weighted by molar-refractivity contribution is 0.373. The molecule has 0 heterocycles. The van der Waals surface area contributed by atoms with E-state index in [-0.39, 0.29) is 16.9 Å². The Hall–Kier alpha value is -3.34. The average Bonchev–Trinajstić information content (AvgIpc) is 2.74. The van der Waals surface area contributed by atoms with Crippen molar-refractivity contribution >= 4 is 0 Å². The summed E-state index contributed by atoms with van der Waals surface area (Å²) in [5, 5.41) is 22.1.